The Hall–Kier alpha value is -1.82. The van der Waals surface area contributed by atoms with Gasteiger partial charge in [0.25, 0.3) is 0 Å². The molecule has 0 bridgehead atoms. The first-order valence-electron chi connectivity index (χ1n) is 9.42. The van der Waals surface area contributed by atoms with E-state index in [1.54, 1.807) is 6.07 Å². The fraction of sp³-hybridized carbons (Fsp3) is 0.550. The molecule has 6 heteroatoms. The molecule has 0 saturated carbocycles. The second kappa shape index (κ2) is 9.76. The van der Waals surface area contributed by atoms with E-state index >= 15 is 0 Å². The second-order valence-electron chi connectivity index (χ2n) is 6.78. The van der Waals surface area contributed by atoms with E-state index in [1.807, 2.05) is 25.1 Å². The molecule has 0 radical (unpaired) electrons. The van der Waals surface area contributed by atoms with Crippen LogP contribution in [-0.4, -0.2) is 33.7 Å². The number of sulfonamides is 1. The van der Waals surface area contributed by atoms with Crippen molar-refractivity contribution in [2.75, 3.05) is 23.7 Å². The zero-order valence-electron chi connectivity index (χ0n) is 15.8. The number of benzene rings is 1. The van der Waals surface area contributed by atoms with Gasteiger partial charge in [0, 0.05) is 19.5 Å². The van der Waals surface area contributed by atoms with Crippen LogP contribution < -0.4 is 9.62 Å². The molecule has 1 amide bonds. The van der Waals surface area contributed by atoms with Crippen LogP contribution in [0, 0.1) is 0 Å². The summed E-state index contributed by atoms with van der Waals surface area (Å²) in [4.78, 5) is 12.1. The molecule has 1 aromatic rings. The van der Waals surface area contributed by atoms with Crippen LogP contribution in [0.15, 0.2) is 35.9 Å². The van der Waals surface area contributed by atoms with Crippen molar-refractivity contribution in [2.45, 2.75) is 51.9 Å². The lowest BCUT2D eigenvalue weighted by Crippen LogP contribution is -2.35. The number of hydrogen-bond donors (Lipinski definition) is 1. The van der Waals surface area contributed by atoms with E-state index in [2.05, 4.69) is 11.4 Å². The number of rotatable bonds is 9. The van der Waals surface area contributed by atoms with Gasteiger partial charge in [-0.15, -0.1) is 0 Å². The maximum atomic E-state index is 12.2. The monoisotopic (exact) mass is 378 g/mol. The van der Waals surface area contributed by atoms with Crippen molar-refractivity contribution in [3.8, 4) is 0 Å². The number of anilines is 1. The number of nitrogens with zero attached hydrogens (tertiary/aromatic N) is 1. The fourth-order valence-corrected chi connectivity index (χ4v) is 4.26. The number of allylic oxidation sites excluding steroid dienone is 1. The summed E-state index contributed by atoms with van der Waals surface area (Å²) in [5.74, 6) is -0.107. The lowest BCUT2D eigenvalue weighted by molar-refractivity contribution is -0.120. The molecule has 0 fully saturated rings. The topological polar surface area (TPSA) is 66.5 Å². The van der Waals surface area contributed by atoms with Crippen molar-refractivity contribution in [1.29, 1.82) is 0 Å². The minimum absolute atomic E-state index is 0.107. The Kier molecular flexibility index (Phi) is 7.69. The van der Waals surface area contributed by atoms with Gasteiger partial charge in [0.05, 0.1) is 11.9 Å². The van der Waals surface area contributed by atoms with E-state index in [1.165, 1.54) is 29.0 Å². The van der Waals surface area contributed by atoms with E-state index in [0.717, 1.165) is 31.2 Å². The van der Waals surface area contributed by atoms with Crippen LogP contribution >= 0.6 is 0 Å². The number of carbonyl (C=O) groups excluding carboxylic acids is 1. The molecule has 0 unspecified atom stereocenters. The number of nitrogens with one attached hydrogen (secondary N) is 1. The summed E-state index contributed by atoms with van der Waals surface area (Å²) in [5, 5.41) is 2.92. The third kappa shape index (κ3) is 6.16. The van der Waals surface area contributed by atoms with Crippen molar-refractivity contribution < 1.29 is 13.2 Å². The number of aryl methyl sites for hydroxylation is 1. The van der Waals surface area contributed by atoms with Gasteiger partial charge >= 0.3 is 0 Å². The molecule has 2 rings (SSSR count). The average molecular weight is 379 g/mol. The predicted octanol–water partition coefficient (Wildman–Crippen LogP) is 3.41. The minimum Gasteiger partial charge on any atom is -0.356 e. The maximum Gasteiger partial charge on any atom is 0.232 e. The highest BCUT2D eigenvalue weighted by Crippen LogP contribution is 2.23. The van der Waals surface area contributed by atoms with Crippen LogP contribution in [0.1, 0.15) is 51.0 Å². The van der Waals surface area contributed by atoms with E-state index < -0.39 is 10.0 Å². The fourth-order valence-electron chi connectivity index (χ4n) is 3.30. The molecule has 0 aliphatic heterocycles. The standard InChI is InChI=1S/C20H30N2O3S/c1-3-18-11-7-8-12-19(18)22(26(2,24)25)16-14-20(23)21-15-13-17-9-5-4-6-10-17/h7-9,11-12H,3-6,10,13-16H2,1-2H3,(H,21,23). The van der Waals surface area contributed by atoms with Gasteiger partial charge in [-0.3, -0.25) is 9.10 Å². The van der Waals surface area contributed by atoms with Crippen molar-refractivity contribution in [1.82, 2.24) is 5.32 Å². The average Bonchev–Trinajstić information content (AvgIpc) is 2.62. The molecule has 1 aliphatic rings. The first-order chi connectivity index (χ1) is 12.4. The Bertz CT molecular complexity index is 741. The maximum absolute atomic E-state index is 12.2. The lowest BCUT2D eigenvalue weighted by Gasteiger charge is -2.24. The zero-order chi connectivity index (χ0) is 19.0. The van der Waals surface area contributed by atoms with E-state index in [4.69, 9.17) is 0 Å². The van der Waals surface area contributed by atoms with E-state index in [-0.39, 0.29) is 18.9 Å². The lowest BCUT2D eigenvalue weighted by atomic mass is 9.97. The normalized spacial score (nSPS) is 14.6. The molecule has 0 saturated heterocycles. The van der Waals surface area contributed by atoms with Gasteiger partial charge in [0.15, 0.2) is 0 Å². The van der Waals surface area contributed by atoms with E-state index in [0.29, 0.717) is 12.2 Å². The molecule has 0 spiro atoms. The first-order valence-corrected chi connectivity index (χ1v) is 11.3. The van der Waals surface area contributed by atoms with Gasteiger partial charge in [0.1, 0.15) is 0 Å². The summed E-state index contributed by atoms with van der Waals surface area (Å²) >= 11 is 0. The molecule has 5 nitrogen and oxygen atoms in total. The Labute approximate surface area is 157 Å². The minimum atomic E-state index is -3.44. The van der Waals surface area contributed by atoms with Crippen LogP contribution in [0.4, 0.5) is 5.69 Å². The number of carbonyl (C=O) groups is 1. The summed E-state index contributed by atoms with van der Waals surface area (Å²) in [6.45, 7) is 2.77. The SMILES string of the molecule is CCc1ccccc1N(CCC(=O)NCCC1=CCCCC1)S(C)(=O)=O. The first kappa shape index (κ1) is 20.5. The van der Waals surface area contributed by atoms with Gasteiger partial charge in [0.2, 0.25) is 15.9 Å². The van der Waals surface area contributed by atoms with Gasteiger partial charge < -0.3 is 5.32 Å². The smallest absolute Gasteiger partial charge is 0.232 e. The molecule has 1 aromatic carbocycles. The molecule has 1 N–H and O–H groups in total. The van der Waals surface area contributed by atoms with Gasteiger partial charge in [-0.05, 0) is 50.2 Å². The Morgan fingerprint density at radius 1 is 1.23 bits per heavy atom. The molecular formula is C20H30N2O3S. The summed E-state index contributed by atoms with van der Waals surface area (Å²) < 4.78 is 25.8. The third-order valence-corrected chi connectivity index (χ3v) is 5.92. The summed E-state index contributed by atoms with van der Waals surface area (Å²) in [6.07, 6.45) is 10.0. The van der Waals surface area contributed by atoms with Crippen LogP contribution in [-0.2, 0) is 21.2 Å². The van der Waals surface area contributed by atoms with E-state index in [9.17, 15) is 13.2 Å². The third-order valence-electron chi connectivity index (χ3n) is 4.74. The number of amides is 1. The number of para-hydroxylation sites is 1. The molecule has 0 aromatic heterocycles. The van der Waals surface area contributed by atoms with Crippen LogP contribution in [0.25, 0.3) is 0 Å². The van der Waals surface area contributed by atoms with Gasteiger partial charge in [-0.2, -0.15) is 0 Å². The van der Waals surface area contributed by atoms with Crippen molar-refractivity contribution in [3.05, 3.63) is 41.5 Å². The quantitative estimate of drug-likeness (QED) is 0.670. The molecule has 0 atom stereocenters. The van der Waals surface area contributed by atoms with Gasteiger partial charge in [-0.1, -0.05) is 36.8 Å². The highest BCUT2D eigenvalue weighted by Gasteiger charge is 2.20. The highest BCUT2D eigenvalue weighted by molar-refractivity contribution is 7.92. The molecule has 0 heterocycles. The Morgan fingerprint density at radius 2 is 2.00 bits per heavy atom. The predicted molar refractivity (Wildman–Crippen MR) is 107 cm³/mol. The molecule has 144 valence electrons. The molecule has 1 aliphatic carbocycles. The molecule has 26 heavy (non-hydrogen) atoms. The summed E-state index contributed by atoms with van der Waals surface area (Å²) in [6, 6.07) is 7.44. The summed E-state index contributed by atoms with van der Waals surface area (Å²) in [7, 11) is -3.44. The largest absolute Gasteiger partial charge is 0.356 e. The van der Waals surface area contributed by atoms with Crippen molar-refractivity contribution >= 4 is 21.6 Å². The zero-order valence-corrected chi connectivity index (χ0v) is 16.6. The van der Waals surface area contributed by atoms with Crippen LogP contribution in [0.5, 0.6) is 0 Å². The number of hydrogen-bond acceptors (Lipinski definition) is 3. The highest BCUT2D eigenvalue weighted by atomic mass is 32.2. The van der Waals surface area contributed by atoms with Crippen molar-refractivity contribution in [2.24, 2.45) is 0 Å². The second-order valence-corrected chi connectivity index (χ2v) is 8.68. The van der Waals surface area contributed by atoms with Crippen LogP contribution in [0.2, 0.25) is 0 Å². The molecular weight excluding hydrogens is 348 g/mol. The van der Waals surface area contributed by atoms with Crippen molar-refractivity contribution in [3.63, 3.8) is 0 Å². The van der Waals surface area contributed by atoms with Gasteiger partial charge in [-0.25, -0.2) is 8.42 Å². The Morgan fingerprint density at radius 3 is 2.65 bits per heavy atom. The van der Waals surface area contributed by atoms with Crippen LogP contribution in [0.3, 0.4) is 0 Å². The summed E-state index contributed by atoms with van der Waals surface area (Å²) in [5.41, 5.74) is 3.05. The Balaban J connectivity index is 1.91.